The van der Waals surface area contributed by atoms with Crippen LogP contribution in [0.15, 0.2) is 78.2 Å². The van der Waals surface area contributed by atoms with E-state index in [0.29, 0.717) is 47.3 Å². The Balaban J connectivity index is 1.61. The summed E-state index contributed by atoms with van der Waals surface area (Å²) in [6.07, 6.45) is 2.81. The number of rotatable bonds is 10. The number of unbranched alkanes of at least 4 members (excludes halogenated alkanes) is 1. The van der Waals surface area contributed by atoms with E-state index < -0.39 is 11.9 Å². The fourth-order valence-electron chi connectivity index (χ4n) is 4.09. The number of esters is 1. The third-order valence-electron chi connectivity index (χ3n) is 5.93. The van der Waals surface area contributed by atoms with Crippen molar-refractivity contribution < 1.29 is 23.7 Å². The Morgan fingerprint density at radius 2 is 1.78 bits per heavy atom. The lowest BCUT2D eigenvalue weighted by Gasteiger charge is -2.28. The Hall–Kier alpha value is -4.44. The molecule has 0 spiro atoms. The molecular formula is C30H30N2O5. The quantitative estimate of drug-likeness (QED) is 0.205. The van der Waals surface area contributed by atoms with Crippen molar-refractivity contribution in [2.75, 3.05) is 13.2 Å². The number of ether oxygens (including phenoxy) is 4. The molecule has 0 fully saturated rings. The van der Waals surface area contributed by atoms with Gasteiger partial charge in [-0.1, -0.05) is 50.6 Å². The van der Waals surface area contributed by atoms with Gasteiger partial charge in [0, 0.05) is 17.2 Å². The maximum Gasteiger partial charge on any atom is 0.343 e. The molecule has 1 atom stereocenters. The number of nitrogens with zero attached hydrogens (tertiary/aromatic N) is 1. The van der Waals surface area contributed by atoms with Gasteiger partial charge in [-0.15, -0.1) is 0 Å². The highest BCUT2D eigenvalue weighted by atomic mass is 16.5. The van der Waals surface area contributed by atoms with E-state index in [1.54, 1.807) is 36.4 Å². The number of carbonyl (C=O) groups is 1. The van der Waals surface area contributed by atoms with Crippen molar-refractivity contribution in [3.8, 4) is 29.1 Å². The molecule has 1 aliphatic rings. The molecule has 7 heteroatoms. The van der Waals surface area contributed by atoms with Crippen molar-refractivity contribution in [1.82, 2.24) is 0 Å². The Kier molecular flexibility index (Phi) is 8.32. The van der Waals surface area contributed by atoms with Crippen LogP contribution in [0.4, 0.5) is 0 Å². The van der Waals surface area contributed by atoms with Crippen molar-refractivity contribution in [3.63, 3.8) is 0 Å². The van der Waals surface area contributed by atoms with Gasteiger partial charge in [-0.3, -0.25) is 0 Å². The van der Waals surface area contributed by atoms with Gasteiger partial charge in [-0.25, -0.2) is 4.79 Å². The van der Waals surface area contributed by atoms with E-state index in [0.717, 1.165) is 30.4 Å². The Morgan fingerprint density at radius 3 is 2.57 bits per heavy atom. The number of para-hydroxylation sites is 1. The van der Waals surface area contributed by atoms with Gasteiger partial charge < -0.3 is 24.7 Å². The number of nitrogens with two attached hydrogens (primary N) is 1. The maximum atomic E-state index is 12.8. The summed E-state index contributed by atoms with van der Waals surface area (Å²) in [7, 11) is 0. The molecule has 0 radical (unpaired) electrons. The third-order valence-corrected chi connectivity index (χ3v) is 5.93. The molecule has 0 aromatic heterocycles. The molecule has 1 heterocycles. The van der Waals surface area contributed by atoms with E-state index in [2.05, 4.69) is 13.0 Å². The summed E-state index contributed by atoms with van der Waals surface area (Å²) in [5, 5.41) is 9.89. The van der Waals surface area contributed by atoms with Crippen LogP contribution < -0.4 is 24.7 Å². The van der Waals surface area contributed by atoms with Gasteiger partial charge in [0.05, 0.1) is 24.7 Å². The topological polar surface area (TPSA) is 104 Å². The highest BCUT2D eigenvalue weighted by Crippen LogP contribution is 2.46. The van der Waals surface area contributed by atoms with Gasteiger partial charge in [-0.05, 0) is 43.2 Å². The highest BCUT2D eigenvalue weighted by Gasteiger charge is 2.33. The number of allylic oxidation sites excluding steroid dienone is 1. The average Bonchev–Trinajstić information content (AvgIpc) is 2.91. The molecule has 0 saturated carbocycles. The van der Waals surface area contributed by atoms with Crippen molar-refractivity contribution >= 4 is 5.97 Å². The standard InChI is InChI=1S/C30H30N2O5/c1-3-5-16-34-21-10-8-9-20(17-21)30(33)36-22-13-14-24-27(18-22)37-29(32)25(19-31)28(24)23-11-6-7-12-26(23)35-15-4-2/h6-14,17-18,28H,3-5,15-16,32H2,1-2H3. The Morgan fingerprint density at radius 1 is 0.946 bits per heavy atom. The summed E-state index contributed by atoms with van der Waals surface area (Å²) in [5.74, 6) is 1.00. The molecule has 3 aromatic carbocycles. The van der Waals surface area contributed by atoms with E-state index in [9.17, 15) is 10.1 Å². The molecule has 1 unspecified atom stereocenters. The monoisotopic (exact) mass is 498 g/mol. The molecule has 190 valence electrons. The van der Waals surface area contributed by atoms with Crippen LogP contribution in [-0.4, -0.2) is 19.2 Å². The van der Waals surface area contributed by atoms with Crippen LogP contribution in [0.2, 0.25) is 0 Å². The first-order valence-electron chi connectivity index (χ1n) is 12.4. The van der Waals surface area contributed by atoms with Crippen LogP contribution in [0.25, 0.3) is 0 Å². The number of hydrogen-bond donors (Lipinski definition) is 1. The minimum atomic E-state index is -0.521. The number of carbonyl (C=O) groups excluding carboxylic acids is 1. The molecule has 2 N–H and O–H groups in total. The largest absolute Gasteiger partial charge is 0.494 e. The zero-order valence-corrected chi connectivity index (χ0v) is 21.0. The summed E-state index contributed by atoms with van der Waals surface area (Å²) >= 11 is 0. The molecule has 0 amide bonds. The van der Waals surface area contributed by atoms with Crippen LogP contribution in [0.3, 0.4) is 0 Å². The molecule has 4 rings (SSSR count). The van der Waals surface area contributed by atoms with Crippen molar-refractivity contribution in [2.24, 2.45) is 5.73 Å². The molecule has 37 heavy (non-hydrogen) atoms. The lowest BCUT2D eigenvalue weighted by Crippen LogP contribution is -2.21. The van der Waals surface area contributed by atoms with Crippen LogP contribution in [0.5, 0.6) is 23.0 Å². The van der Waals surface area contributed by atoms with Crippen molar-refractivity contribution in [2.45, 2.75) is 39.0 Å². The number of benzene rings is 3. The number of fused-ring (bicyclic) bond motifs is 1. The van der Waals surface area contributed by atoms with E-state index in [1.165, 1.54) is 0 Å². The first kappa shape index (κ1) is 25.6. The van der Waals surface area contributed by atoms with Crippen LogP contribution in [0.1, 0.15) is 60.5 Å². The lowest BCUT2D eigenvalue weighted by molar-refractivity contribution is 0.0734. The zero-order chi connectivity index (χ0) is 26.2. The van der Waals surface area contributed by atoms with Crippen LogP contribution in [0, 0.1) is 11.3 Å². The Labute approximate surface area is 217 Å². The zero-order valence-electron chi connectivity index (χ0n) is 21.0. The molecular weight excluding hydrogens is 468 g/mol. The van der Waals surface area contributed by atoms with Crippen LogP contribution in [-0.2, 0) is 0 Å². The van der Waals surface area contributed by atoms with E-state index in [4.69, 9.17) is 24.7 Å². The smallest absolute Gasteiger partial charge is 0.343 e. The molecule has 0 bridgehead atoms. The lowest BCUT2D eigenvalue weighted by atomic mass is 9.83. The highest BCUT2D eigenvalue weighted by molar-refractivity contribution is 5.91. The molecule has 1 aliphatic heterocycles. The Bertz CT molecular complexity index is 1340. The summed E-state index contributed by atoms with van der Waals surface area (Å²) < 4.78 is 23.1. The summed E-state index contributed by atoms with van der Waals surface area (Å²) in [4.78, 5) is 12.8. The summed E-state index contributed by atoms with van der Waals surface area (Å²) in [5.41, 5.74) is 8.37. The van der Waals surface area contributed by atoms with Gasteiger partial charge in [0.2, 0.25) is 5.88 Å². The van der Waals surface area contributed by atoms with E-state index in [1.807, 2.05) is 37.3 Å². The molecule has 0 saturated heterocycles. The van der Waals surface area contributed by atoms with Gasteiger partial charge in [0.25, 0.3) is 0 Å². The second-order valence-corrected chi connectivity index (χ2v) is 8.63. The van der Waals surface area contributed by atoms with Crippen molar-refractivity contribution in [1.29, 1.82) is 5.26 Å². The summed E-state index contributed by atoms with van der Waals surface area (Å²) in [6.45, 7) is 5.26. The van der Waals surface area contributed by atoms with Gasteiger partial charge in [0.1, 0.15) is 34.6 Å². The molecule has 7 nitrogen and oxygen atoms in total. The van der Waals surface area contributed by atoms with Gasteiger partial charge in [-0.2, -0.15) is 5.26 Å². The predicted octanol–water partition coefficient (Wildman–Crippen LogP) is 6.09. The first-order valence-corrected chi connectivity index (χ1v) is 12.4. The predicted molar refractivity (Wildman–Crippen MR) is 140 cm³/mol. The molecule has 0 aliphatic carbocycles. The number of nitriles is 1. The normalized spacial score (nSPS) is 14.2. The maximum absolute atomic E-state index is 12.8. The van der Waals surface area contributed by atoms with Gasteiger partial charge >= 0.3 is 5.97 Å². The molecule has 3 aromatic rings. The van der Waals surface area contributed by atoms with E-state index >= 15 is 0 Å². The van der Waals surface area contributed by atoms with Crippen molar-refractivity contribution in [3.05, 3.63) is 94.9 Å². The van der Waals surface area contributed by atoms with Gasteiger partial charge in [0.15, 0.2) is 0 Å². The SMILES string of the molecule is CCCCOc1cccc(C(=O)Oc2ccc3c(c2)OC(N)=C(C#N)C3c2ccccc2OCCC)c1. The third kappa shape index (κ3) is 5.87. The number of hydrogen-bond acceptors (Lipinski definition) is 7. The summed E-state index contributed by atoms with van der Waals surface area (Å²) in [6, 6.07) is 21.7. The second kappa shape index (κ2) is 12.0. The van der Waals surface area contributed by atoms with Crippen LogP contribution >= 0.6 is 0 Å². The van der Waals surface area contributed by atoms with E-state index in [-0.39, 0.29) is 5.88 Å². The second-order valence-electron chi connectivity index (χ2n) is 8.63. The minimum Gasteiger partial charge on any atom is -0.494 e. The first-order chi connectivity index (χ1) is 18.0. The fraction of sp³-hybridized carbons (Fsp3) is 0.267. The minimum absolute atomic E-state index is 0.00528. The fourth-order valence-corrected chi connectivity index (χ4v) is 4.09. The average molecular weight is 499 g/mol.